The summed E-state index contributed by atoms with van der Waals surface area (Å²) < 4.78 is 55.9. The van der Waals surface area contributed by atoms with Gasteiger partial charge in [-0.1, -0.05) is 15.9 Å². The van der Waals surface area contributed by atoms with Crippen LogP contribution in [-0.2, 0) is 47.4 Å². The summed E-state index contributed by atoms with van der Waals surface area (Å²) in [5.41, 5.74) is -0.667. The fourth-order valence-electron chi connectivity index (χ4n) is 2.68. The summed E-state index contributed by atoms with van der Waals surface area (Å²) >= 11 is 3.54. The van der Waals surface area contributed by atoms with Crippen molar-refractivity contribution >= 4 is 15.9 Å². The Labute approximate surface area is 211 Å². The first-order valence-electron chi connectivity index (χ1n) is 11.8. The third kappa shape index (κ3) is 19.3. The van der Waals surface area contributed by atoms with Crippen LogP contribution in [0, 0.1) is 0 Å². The van der Waals surface area contributed by atoms with Crippen LogP contribution in [0.1, 0.15) is 0 Å². The van der Waals surface area contributed by atoms with E-state index < -0.39 is 5.60 Å². The summed E-state index contributed by atoms with van der Waals surface area (Å²) in [7, 11) is 0. The molecule has 11 nitrogen and oxygen atoms in total. The molecule has 1 aliphatic heterocycles. The minimum Gasteiger partial charge on any atom is -0.394 e. The Balaban J connectivity index is 2.38. The molecule has 1 N–H and O–H groups in total. The molecule has 12 heteroatoms. The molecule has 1 aliphatic rings. The quantitative estimate of drug-likeness (QED) is 0.293. The van der Waals surface area contributed by atoms with Crippen LogP contribution >= 0.6 is 15.9 Å². The van der Waals surface area contributed by atoms with E-state index in [2.05, 4.69) is 15.9 Å². The molecular formula is C22H43BrO11. The lowest BCUT2D eigenvalue weighted by Crippen LogP contribution is -2.46. The van der Waals surface area contributed by atoms with Gasteiger partial charge in [-0.3, -0.25) is 0 Å². The van der Waals surface area contributed by atoms with Crippen molar-refractivity contribution in [3.05, 3.63) is 0 Å². The average Bonchev–Trinajstić information content (AvgIpc) is 2.85. The zero-order valence-corrected chi connectivity index (χ0v) is 21.8. The van der Waals surface area contributed by atoms with Gasteiger partial charge in [0.25, 0.3) is 0 Å². The van der Waals surface area contributed by atoms with Crippen LogP contribution in [0.5, 0.6) is 0 Å². The maximum absolute atomic E-state index is 8.70. The molecule has 0 amide bonds. The molecule has 0 aliphatic carbocycles. The van der Waals surface area contributed by atoms with E-state index in [1.165, 1.54) is 0 Å². The number of ether oxygens (including phenoxy) is 10. The fraction of sp³-hybridized carbons (Fsp3) is 1.00. The number of halogens is 1. The van der Waals surface area contributed by atoms with Crippen LogP contribution in [0.4, 0.5) is 0 Å². The van der Waals surface area contributed by atoms with Crippen LogP contribution in [0.25, 0.3) is 0 Å². The van der Waals surface area contributed by atoms with E-state index in [0.29, 0.717) is 131 Å². The highest BCUT2D eigenvalue weighted by atomic mass is 79.9. The van der Waals surface area contributed by atoms with E-state index in [1.807, 2.05) is 0 Å². The molecule has 0 aromatic rings. The van der Waals surface area contributed by atoms with Crippen molar-refractivity contribution in [3.63, 3.8) is 0 Å². The summed E-state index contributed by atoms with van der Waals surface area (Å²) in [4.78, 5) is 0. The maximum Gasteiger partial charge on any atom is 0.124 e. The van der Waals surface area contributed by atoms with Gasteiger partial charge in [-0.2, -0.15) is 0 Å². The molecule has 1 rings (SSSR count). The van der Waals surface area contributed by atoms with Crippen molar-refractivity contribution in [2.24, 2.45) is 0 Å². The summed E-state index contributed by atoms with van der Waals surface area (Å²) in [6.07, 6.45) is 0. The van der Waals surface area contributed by atoms with E-state index in [1.54, 1.807) is 0 Å². The van der Waals surface area contributed by atoms with Crippen LogP contribution in [0.15, 0.2) is 0 Å². The lowest BCUT2D eigenvalue weighted by Gasteiger charge is -2.32. The lowest BCUT2D eigenvalue weighted by atomic mass is 10.1. The van der Waals surface area contributed by atoms with Crippen LogP contribution in [0.2, 0.25) is 0 Å². The fourth-order valence-corrected chi connectivity index (χ4v) is 3.16. The SMILES string of the molecule is OCCOCCOCCOC1(CBr)COCCOCCOCCOCCOCCOCCOC1. The second kappa shape index (κ2) is 24.7. The normalized spacial score (nSPS) is 21.4. The zero-order chi connectivity index (χ0) is 24.4. The van der Waals surface area contributed by atoms with Gasteiger partial charge in [0.2, 0.25) is 0 Å². The lowest BCUT2D eigenvalue weighted by molar-refractivity contribution is -0.138. The van der Waals surface area contributed by atoms with Crippen molar-refractivity contribution in [1.29, 1.82) is 0 Å². The summed E-state index contributed by atoms with van der Waals surface area (Å²) in [6, 6.07) is 0. The van der Waals surface area contributed by atoms with Gasteiger partial charge >= 0.3 is 0 Å². The Morgan fingerprint density at radius 3 is 1.26 bits per heavy atom. The molecule has 0 atom stereocenters. The molecule has 204 valence electrons. The first kappa shape index (κ1) is 32.1. The maximum atomic E-state index is 8.70. The van der Waals surface area contributed by atoms with Gasteiger partial charge in [0, 0.05) is 5.33 Å². The Morgan fingerprint density at radius 1 is 0.529 bits per heavy atom. The van der Waals surface area contributed by atoms with Crippen molar-refractivity contribution in [2.75, 3.05) is 137 Å². The zero-order valence-electron chi connectivity index (χ0n) is 20.3. The van der Waals surface area contributed by atoms with Crippen LogP contribution in [-0.4, -0.2) is 148 Å². The van der Waals surface area contributed by atoms with Gasteiger partial charge in [-0.25, -0.2) is 0 Å². The first-order valence-corrected chi connectivity index (χ1v) is 13.0. The highest BCUT2D eigenvalue weighted by molar-refractivity contribution is 9.09. The van der Waals surface area contributed by atoms with Gasteiger partial charge < -0.3 is 52.5 Å². The molecule has 0 aromatic carbocycles. The Morgan fingerprint density at radius 2 is 0.882 bits per heavy atom. The highest BCUT2D eigenvalue weighted by Crippen LogP contribution is 2.17. The van der Waals surface area contributed by atoms with E-state index in [0.717, 1.165) is 0 Å². The van der Waals surface area contributed by atoms with Gasteiger partial charge in [0.05, 0.1) is 132 Å². The number of aliphatic hydroxyl groups excluding tert-OH is 1. The van der Waals surface area contributed by atoms with Gasteiger partial charge in [-0.15, -0.1) is 0 Å². The van der Waals surface area contributed by atoms with E-state index in [4.69, 9.17) is 52.5 Å². The standard InChI is InChI=1S/C22H43BrO11/c23-19-22(34-18-17-31-4-3-25-2-1-24)20-32-15-13-29-11-9-27-7-5-26-6-8-28-10-12-30-14-16-33-21-22/h24H,1-21H2. The third-order valence-corrected chi connectivity index (χ3v) is 5.47. The Kier molecular flexibility index (Phi) is 23.3. The molecule has 1 fully saturated rings. The predicted molar refractivity (Wildman–Crippen MR) is 127 cm³/mol. The van der Waals surface area contributed by atoms with Gasteiger partial charge in [0.1, 0.15) is 5.60 Å². The smallest absolute Gasteiger partial charge is 0.124 e. The number of alkyl halides is 1. The Hall–Kier alpha value is 0.0400. The van der Waals surface area contributed by atoms with Crippen LogP contribution in [0.3, 0.4) is 0 Å². The van der Waals surface area contributed by atoms with E-state index in [-0.39, 0.29) is 6.61 Å². The first-order chi connectivity index (χ1) is 16.8. The Bertz CT molecular complexity index is 398. The largest absolute Gasteiger partial charge is 0.394 e. The van der Waals surface area contributed by atoms with Crippen molar-refractivity contribution < 1.29 is 52.5 Å². The van der Waals surface area contributed by atoms with Gasteiger partial charge in [-0.05, 0) is 0 Å². The van der Waals surface area contributed by atoms with Crippen molar-refractivity contribution in [3.8, 4) is 0 Å². The summed E-state index contributed by atoms with van der Waals surface area (Å²) in [6.45, 7) is 8.52. The van der Waals surface area contributed by atoms with Gasteiger partial charge in [0.15, 0.2) is 0 Å². The minimum atomic E-state index is -0.667. The summed E-state index contributed by atoms with van der Waals surface area (Å²) in [5.74, 6) is 0. The summed E-state index contributed by atoms with van der Waals surface area (Å²) in [5, 5.41) is 9.23. The molecule has 0 saturated carbocycles. The molecule has 0 bridgehead atoms. The number of aliphatic hydroxyl groups is 1. The monoisotopic (exact) mass is 562 g/mol. The molecule has 1 heterocycles. The molecule has 34 heavy (non-hydrogen) atoms. The number of hydrogen-bond acceptors (Lipinski definition) is 11. The third-order valence-electron chi connectivity index (χ3n) is 4.45. The molecule has 0 spiro atoms. The number of hydrogen-bond donors (Lipinski definition) is 1. The second-order valence-corrected chi connectivity index (χ2v) is 7.84. The average molecular weight is 563 g/mol. The molecule has 0 aromatic heterocycles. The molecule has 0 unspecified atom stereocenters. The van der Waals surface area contributed by atoms with Crippen LogP contribution < -0.4 is 0 Å². The number of rotatable bonds is 10. The predicted octanol–water partition coefficient (Wildman–Crippen LogP) is 0.292. The van der Waals surface area contributed by atoms with E-state index >= 15 is 0 Å². The highest BCUT2D eigenvalue weighted by Gasteiger charge is 2.31. The minimum absolute atomic E-state index is 0.00391. The van der Waals surface area contributed by atoms with Crippen molar-refractivity contribution in [1.82, 2.24) is 0 Å². The van der Waals surface area contributed by atoms with E-state index in [9.17, 15) is 0 Å². The topological polar surface area (TPSA) is 113 Å². The van der Waals surface area contributed by atoms with Crippen molar-refractivity contribution in [2.45, 2.75) is 5.60 Å². The second-order valence-electron chi connectivity index (χ2n) is 7.28. The molecule has 1 saturated heterocycles. The molecular weight excluding hydrogens is 520 g/mol. The molecule has 0 radical (unpaired) electrons.